The van der Waals surface area contributed by atoms with Crippen molar-refractivity contribution >= 4 is 10.8 Å². The molecule has 4 aromatic rings. The van der Waals surface area contributed by atoms with Crippen LogP contribution < -0.4 is 15.2 Å². The van der Waals surface area contributed by atoms with E-state index in [1.165, 1.54) is 0 Å². The Hall–Kier alpha value is -3.34. The molecular formula is C28H29NO3. The van der Waals surface area contributed by atoms with Gasteiger partial charge in [0.15, 0.2) is 0 Å². The summed E-state index contributed by atoms with van der Waals surface area (Å²) in [6.07, 6.45) is 0.769. The highest BCUT2D eigenvalue weighted by Crippen LogP contribution is 2.34. The van der Waals surface area contributed by atoms with Crippen molar-refractivity contribution in [2.75, 3.05) is 14.2 Å². The van der Waals surface area contributed by atoms with Crippen LogP contribution in [0, 0.1) is 0 Å². The first-order valence-electron chi connectivity index (χ1n) is 10.7. The molecule has 164 valence electrons. The van der Waals surface area contributed by atoms with Crippen molar-refractivity contribution in [3.05, 3.63) is 108 Å². The number of hydrogen-bond acceptors (Lipinski definition) is 4. The molecule has 0 aromatic heterocycles. The van der Waals surface area contributed by atoms with Gasteiger partial charge in [0.25, 0.3) is 0 Å². The Morgan fingerprint density at radius 3 is 1.84 bits per heavy atom. The molecule has 32 heavy (non-hydrogen) atoms. The number of benzene rings is 4. The summed E-state index contributed by atoms with van der Waals surface area (Å²) < 4.78 is 10.8. The topological polar surface area (TPSA) is 64.7 Å². The van der Waals surface area contributed by atoms with E-state index >= 15 is 0 Å². The van der Waals surface area contributed by atoms with Crippen molar-refractivity contribution < 1.29 is 14.6 Å². The van der Waals surface area contributed by atoms with Crippen molar-refractivity contribution in [3.8, 4) is 11.5 Å². The predicted molar refractivity (Wildman–Crippen MR) is 129 cm³/mol. The minimum atomic E-state index is -1.22. The van der Waals surface area contributed by atoms with Crippen LogP contribution in [0.3, 0.4) is 0 Å². The third kappa shape index (κ3) is 4.77. The zero-order valence-electron chi connectivity index (χ0n) is 18.5. The third-order valence-corrected chi connectivity index (χ3v) is 6.00. The van der Waals surface area contributed by atoms with E-state index in [1.54, 1.807) is 14.2 Å². The van der Waals surface area contributed by atoms with Gasteiger partial charge in [0.2, 0.25) is 0 Å². The maximum atomic E-state index is 12.0. The highest BCUT2D eigenvalue weighted by Gasteiger charge is 2.36. The Morgan fingerprint density at radius 1 is 0.719 bits per heavy atom. The largest absolute Gasteiger partial charge is 0.497 e. The van der Waals surface area contributed by atoms with Gasteiger partial charge in [-0.2, -0.15) is 0 Å². The van der Waals surface area contributed by atoms with E-state index in [0.717, 1.165) is 39.0 Å². The molecule has 0 aliphatic carbocycles. The normalized spacial score (nSPS) is 12.5. The molecule has 4 nitrogen and oxygen atoms in total. The fourth-order valence-corrected chi connectivity index (χ4v) is 4.27. The van der Waals surface area contributed by atoms with E-state index < -0.39 is 11.6 Å². The summed E-state index contributed by atoms with van der Waals surface area (Å²) in [6.45, 7) is 0. The molecule has 0 aliphatic heterocycles. The van der Waals surface area contributed by atoms with Gasteiger partial charge in [0.05, 0.1) is 25.9 Å². The Labute approximate surface area is 189 Å². The van der Waals surface area contributed by atoms with E-state index in [1.807, 2.05) is 66.7 Å². The van der Waals surface area contributed by atoms with Gasteiger partial charge in [-0.25, -0.2) is 0 Å². The molecule has 0 heterocycles. The van der Waals surface area contributed by atoms with Crippen molar-refractivity contribution in [2.24, 2.45) is 5.73 Å². The Morgan fingerprint density at radius 2 is 1.28 bits per heavy atom. The van der Waals surface area contributed by atoms with Crippen molar-refractivity contribution in [1.29, 1.82) is 0 Å². The average Bonchev–Trinajstić information content (AvgIpc) is 2.83. The van der Waals surface area contributed by atoms with Crippen LogP contribution in [0.5, 0.6) is 11.5 Å². The van der Waals surface area contributed by atoms with Crippen LogP contribution in [-0.2, 0) is 12.8 Å². The molecule has 0 amide bonds. The summed E-state index contributed by atoms with van der Waals surface area (Å²) >= 11 is 0. The van der Waals surface area contributed by atoms with Crippen molar-refractivity contribution in [1.82, 2.24) is 0 Å². The Bertz CT molecular complexity index is 1150. The van der Waals surface area contributed by atoms with Gasteiger partial charge in [-0.1, -0.05) is 60.7 Å². The molecule has 0 saturated carbocycles. The monoisotopic (exact) mass is 427 g/mol. The SMILES string of the molecule is COc1cccc(CC(O)(Cc2cccc(OC)c2)C(N)c2ccc3ccccc3c2)c1. The lowest BCUT2D eigenvalue weighted by Crippen LogP contribution is -2.45. The highest BCUT2D eigenvalue weighted by molar-refractivity contribution is 5.83. The predicted octanol–water partition coefficient (Wildman–Crippen LogP) is 5.07. The van der Waals surface area contributed by atoms with E-state index in [9.17, 15) is 5.11 Å². The summed E-state index contributed by atoms with van der Waals surface area (Å²) in [5.74, 6) is 1.51. The molecule has 1 atom stereocenters. The molecular weight excluding hydrogens is 398 g/mol. The molecule has 0 fully saturated rings. The van der Waals surface area contributed by atoms with Crippen LogP contribution in [0.25, 0.3) is 10.8 Å². The first-order chi connectivity index (χ1) is 15.5. The number of methoxy groups -OCH3 is 2. The maximum Gasteiger partial charge on any atom is 0.119 e. The lowest BCUT2D eigenvalue weighted by Gasteiger charge is -2.35. The van der Waals surface area contributed by atoms with Crippen LogP contribution in [-0.4, -0.2) is 24.9 Å². The smallest absolute Gasteiger partial charge is 0.119 e. The number of nitrogens with two attached hydrogens (primary N) is 1. The summed E-state index contributed by atoms with van der Waals surface area (Å²) in [4.78, 5) is 0. The Kier molecular flexibility index (Phi) is 6.45. The van der Waals surface area contributed by atoms with Crippen LogP contribution in [0.1, 0.15) is 22.7 Å². The molecule has 0 spiro atoms. The maximum absolute atomic E-state index is 12.0. The van der Waals surface area contributed by atoms with E-state index in [4.69, 9.17) is 15.2 Å². The van der Waals surface area contributed by atoms with Gasteiger partial charge in [0.1, 0.15) is 11.5 Å². The van der Waals surface area contributed by atoms with Gasteiger partial charge >= 0.3 is 0 Å². The van der Waals surface area contributed by atoms with Gasteiger partial charge in [-0.15, -0.1) is 0 Å². The molecule has 3 N–H and O–H groups in total. The second-order valence-electron chi connectivity index (χ2n) is 8.24. The summed E-state index contributed by atoms with van der Waals surface area (Å²) in [5, 5.41) is 14.3. The van der Waals surface area contributed by atoms with Crippen molar-refractivity contribution in [2.45, 2.75) is 24.5 Å². The molecule has 4 aromatic carbocycles. The second kappa shape index (κ2) is 9.43. The molecule has 0 saturated heterocycles. The quantitative estimate of drug-likeness (QED) is 0.412. The number of hydrogen-bond donors (Lipinski definition) is 2. The van der Waals surface area contributed by atoms with E-state index in [0.29, 0.717) is 12.8 Å². The first-order valence-corrected chi connectivity index (χ1v) is 10.7. The second-order valence-corrected chi connectivity index (χ2v) is 8.24. The Balaban J connectivity index is 1.73. The summed E-state index contributed by atoms with van der Waals surface area (Å²) in [5.41, 5.74) is 8.40. The molecule has 1 unspecified atom stereocenters. The van der Waals surface area contributed by atoms with Gasteiger partial charge < -0.3 is 20.3 Å². The highest BCUT2D eigenvalue weighted by atomic mass is 16.5. The standard InChI is InChI=1S/C28H29NO3/c1-31-25-11-5-7-20(15-25)18-28(30,19-21-8-6-12-26(16-21)32-2)27(29)24-14-13-22-9-3-4-10-23(22)17-24/h3-17,27,30H,18-19,29H2,1-2H3. The zero-order chi connectivity index (χ0) is 22.6. The van der Waals surface area contributed by atoms with Gasteiger partial charge in [-0.05, 0) is 57.8 Å². The molecule has 0 radical (unpaired) electrons. The van der Waals surface area contributed by atoms with E-state index in [2.05, 4.69) is 24.3 Å². The van der Waals surface area contributed by atoms with Crippen molar-refractivity contribution in [3.63, 3.8) is 0 Å². The summed E-state index contributed by atoms with van der Waals surface area (Å²) in [6, 6.07) is 29.2. The minimum absolute atomic E-state index is 0.384. The number of aliphatic hydroxyl groups is 1. The summed E-state index contributed by atoms with van der Waals surface area (Å²) in [7, 11) is 3.28. The minimum Gasteiger partial charge on any atom is -0.497 e. The molecule has 0 bridgehead atoms. The number of rotatable bonds is 8. The van der Waals surface area contributed by atoms with Crippen LogP contribution in [0.15, 0.2) is 91.0 Å². The van der Waals surface area contributed by atoms with E-state index in [-0.39, 0.29) is 0 Å². The van der Waals surface area contributed by atoms with Gasteiger partial charge in [-0.3, -0.25) is 0 Å². The van der Waals surface area contributed by atoms with Crippen LogP contribution in [0.2, 0.25) is 0 Å². The first kappa shape index (κ1) is 21.9. The fraction of sp³-hybridized carbons (Fsp3) is 0.214. The lowest BCUT2D eigenvalue weighted by molar-refractivity contribution is 0.0136. The number of fused-ring (bicyclic) bond motifs is 1. The van der Waals surface area contributed by atoms with Crippen LogP contribution >= 0.6 is 0 Å². The fourth-order valence-electron chi connectivity index (χ4n) is 4.27. The third-order valence-electron chi connectivity index (χ3n) is 6.00. The molecule has 0 aliphatic rings. The lowest BCUT2D eigenvalue weighted by atomic mass is 9.79. The average molecular weight is 428 g/mol. The van der Waals surface area contributed by atoms with Crippen LogP contribution in [0.4, 0.5) is 0 Å². The number of ether oxygens (including phenoxy) is 2. The zero-order valence-corrected chi connectivity index (χ0v) is 18.5. The molecule has 4 heteroatoms. The van der Waals surface area contributed by atoms with Gasteiger partial charge in [0, 0.05) is 12.8 Å². The molecule has 4 rings (SSSR count).